The number of aryl methyl sites for hydroxylation is 4. The molecule has 0 aromatic heterocycles. The van der Waals surface area contributed by atoms with Crippen molar-refractivity contribution in [2.45, 2.75) is 57.2 Å². The molecule has 11 heteroatoms. The Balaban J connectivity index is 1.44. The van der Waals surface area contributed by atoms with Crippen molar-refractivity contribution >= 4 is 38.8 Å². The molecule has 0 radical (unpaired) electrons. The van der Waals surface area contributed by atoms with Crippen molar-refractivity contribution in [2.75, 3.05) is 16.4 Å². The Kier molecular flexibility index (Phi) is 7.98. The molecule has 1 saturated heterocycles. The van der Waals surface area contributed by atoms with E-state index in [0.29, 0.717) is 5.69 Å². The molecule has 9 nitrogen and oxygen atoms in total. The average molecular weight is 545 g/mol. The second-order valence-electron chi connectivity index (χ2n) is 9.44. The molecule has 3 atom stereocenters. The predicted octanol–water partition coefficient (Wildman–Crippen LogP) is 3.74. The van der Waals surface area contributed by atoms with Gasteiger partial charge in [0, 0.05) is 17.1 Å². The summed E-state index contributed by atoms with van der Waals surface area (Å²) in [4.78, 5) is -0.171. The van der Waals surface area contributed by atoms with E-state index < -0.39 is 22.0 Å². The third-order valence-electron chi connectivity index (χ3n) is 6.37. The maximum atomic E-state index is 11.3. The highest BCUT2D eigenvalue weighted by molar-refractivity contribution is 7.85. The zero-order valence-electron chi connectivity index (χ0n) is 21.2. The van der Waals surface area contributed by atoms with Gasteiger partial charge in [0.2, 0.25) is 0 Å². The molecule has 1 aliphatic rings. The summed E-state index contributed by atoms with van der Waals surface area (Å²) in [6.45, 7) is 8.22. The number of halogens is 1. The van der Waals surface area contributed by atoms with Crippen molar-refractivity contribution in [3.63, 3.8) is 0 Å². The number of rotatable bonds is 7. The normalized spacial score (nSPS) is 20.0. The van der Waals surface area contributed by atoms with Gasteiger partial charge < -0.3 is 16.4 Å². The molecule has 0 amide bonds. The number of benzene rings is 3. The van der Waals surface area contributed by atoms with Crippen LogP contribution in [-0.2, 0) is 16.5 Å². The van der Waals surface area contributed by atoms with Gasteiger partial charge in [-0.05, 0) is 91.8 Å². The Morgan fingerprint density at radius 2 is 1.32 bits per heavy atom. The highest BCUT2D eigenvalue weighted by Gasteiger charge is 2.26. The first-order valence-electron chi connectivity index (χ1n) is 11.9. The Labute approximate surface area is 222 Å². The van der Waals surface area contributed by atoms with Crippen LogP contribution < -0.4 is 32.3 Å². The van der Waals surface area contributed by atoms with Crippen LogP contribution in [-0.4, -0.2) is 31.2 Å². The summed E-state index contributed by atoms with van der Waals surface area (Å²) >= 11 is 6.39. The Morgan fingerprint density at radius 3 is 1.84 bits per heavy atom. The molecule has 3 aromatic carbocycles. The van der Waals surface area contributed by atoms with E-state index in [1.54, 1.807) is 12.1 Å². The summed E-state index contributed by atoms with van der Waals surface area (Å²) in [5.41, 5.74) is 14.9. The first kappa shape index (κ1) is 27.2. The molecule has 37 heavy (non-hydrogen) atoms. The van der Waals surface area contributed by atoms with Crippen LogP contribution in [0.3, 0.4) is 0 Å². The molecule has 1 heterocycles. The predicted molar refractivity (Wildman–Crippen MR) is 149 cm³/mol. The number of nitrogen functional groups attached to an aromatic ring is 1. The molecule has 4 rings (SSSR count). The number of alkyl halides is 1. The number of anilines is 3. The molecule has 1 aliphatic heterocycles. The van der Waals surface area contributed by atoms with E-state index in [-0.39, 0.29) is 11.2 Å². The van der Waals surface area contributed by atoms with Crippen LogP contribution in [0.25, 0.3) is 0 Å². The summed E-state index contributed by atoms with van der Waals surface area (Å²) < 4.78 is 31.7. The van der Waals surface area contributed by atoms with Crippen LogP contribution in [0.2, 0.25) is 0 Å². The van der Waals surface area contributed by atoms with E-state index in [9.17, 15) is 8.42 Å². The lowest BCUT2D eigenvalue weighted by Gasteiger charge is -2.38. The zero-order valence-corrected chi connectivity index (χ0v) is 22.8. The Morgan fingerprint density at radius 1 is 0.838 bits per heavy atom. The SMILES string of the molecule is Cc1cc(Cc2cc(C)c(NC3NC(Cl)NC(Nc4ccc(S(=O)(=O)O)cc4)N3)c(C)c2)cc(C)c1N. The first-order chi connectivity index (χ1) is 17.4. The monoisotopic (exact) mass is 544 g/mol. The third kappa shape index (κ3) is 6.72. The minimum Gasteiger partial charge on any atom is -0.398 e. The van der Waals surface area contributed by atoms with Crippen molar-refractivity contribution < 1.29 is 13.0 Å². The molecule has 198 valence electrons. The molecule has 0 saturated carbocycles. The fraction of sp³-hybridized carbons (Fsp3) is 0.308. The average Bonchev–Trinajstić information content (AvgIpc) is 2.79. The number of hydrogen-bond acceptors (Lipinski definition) is 8. The quantitative estimate of drug-likeness (QED) is 0.102. The van der Waals surface area contributed by atoms with Gasteiger partial charge in [0.25, 0.3) is 10.1 Å². The van der Waals surface area contributed by atoms with E-state index >= 15 is 0 Å². The molecular weight excluding hydrogens is 512 g/mol. The van der Waals surface area contributed by atoms with E-state index in [0.717, 1.165) is 40.0 Å². The van der Waals surface area contributed by atoms with Gasteiger partial charge in [0.15, 0.2) is 0 Å². The van der Waals surface area contributed by atoms with Crippen LogP contribution in [0, 0.1) is 27.7 Å². The summed E-state index contributed by atoms with van der Waals surface area (Å²) in [6, 6.07) is 14.4. The van der Waals surface area contributed by atoms with E-state index in [1.165, 1.54) is 23.3 Å². The first-order valence-corrected chi connectivity index (χ1v) is 13.8. The highest BCUT2D eigenvalue weighted by Crippen LogP contribution is 2.26. The third-order valence-corrected chi connectivity index (χ3v) is 7.49. The number of nitrogens with two attached hydrogens (primary N) is 1. The van der Waals surface area contributed by atoms with Crippen molar-refractivity contribution in [2.24, 2.45) is 0 Å². The molecule has 3 aromatic rings. The lowest BCUT2D eigenvalue weighted by molar-refractivity contribution is 0.279. The van der Waals surface area contributed by atoms with Gasteiger partial charge in [-0.2, -0.15) is 8.42 Å². The summed E-state index contributed by atoms with van der Waals surface area (Å²) in [6.07, 6.45) is 0.0404. The van der Waals surface area contributed by atoms with Crippen LogP contribution in [0.1, 0.15) is 33.4 Å². The van der Waals surface area contributed by atoms with Gasteiger partial charge in [-0.1, -0.05) is 35.9 Å². The molecule has 1 fully saturated rings. The van der Waals surface area contributed by atoms with Crippen molar-refractivity contribution in [3.8, 4) is 0 Å². The fourth-order valence-electron chi connectivity index (χ4n) is 4.59. The molecule has 0 bridgehead atoms. The van der Waals surface area contributed by atoms with Gasteiger partial charge in [0.1, 0.15) is 18.2 Å². The second-order valence-corrected chi connectivity index (χ2v) is 11.3. The minimum atomic E-state index is -4.24. The van der Waals surface area contributed by atoms with Gasteiger partial charge >= 0.3 is 0 Å². The van der Waals surface area contributed by atoms with Crippen molar-refractivity contribution in [1.82, 2.24) is 16.0 Å². The van der Waals surface area contributed by atoms with Gasteiger partial charge in [-0.25, -0.2) is 0 Å². The Hall–Kier alpha value is -2.86. The van der Waals surface area contributed by atoms with E-state index in [2.05, 4.69) is 64.7 Å². The second kappa shape index (κ2) is 10.9. The summed E-state index contributed by atoms with van der Waals surface area (Å²) in [7, 11) is -4.24. The largest absolute Gasteiger partial charge is 0.398 e. The lowest BCUT2D eigenvalue weighted by atomic mass is 9.96. The molecular formula is C26H33ClN6O3S. The standard InChI is InChI=1S/C26H33ClN6O3S/c1-14-9-18(10-15(2)22(14)28)13-19-11-16(3)23(17(4)12-19)30-26-32-24(27)31-25(33-26)29-20-5-7-21(8-6-20)37(34,35)36/h5-12,24-26,29-33H,13,28H2,1-4H3,(H,34,35,36). The number of nitrogens with one attached hydrogen (secondary N) is 5. The van der Waals surface area contributed by atoms with Crippen LogP contribution >= 0.6 is 11.6 Å². The summed E-state index contributed by atoms with van der Waals surface area (Å²) in [5.74, 6) is 0. The highest BCUT2D eigenvalue weighted by atomic mass is 35.5. The van der Waals surface area contributed by atoms with E-state index in [1.807, 2.05) is 13.8 Å². The van der Waals surface area contributed by atoms with Gasteiger partial charge in [-0.3, -0.25) is 20.5 Å². The van der Waals surface area contributed by atoms with E-state index in [4.69, 9.17) is 21.9 Å². The molecule has 0 aliphatic carbocycles. The lowest BCUT2D eigenvalue weighted by Crippen LogP contribution is -2.70. The zero-order chi connectivity index (χ0) is 26.9. The topological polar surface area (TPSA) is 141 Å². The molecule has 0 spiro atoms. The van der Waals surface area contributed by atoms with Crippen LogP contribution in [0.5, 0.6) is 0 Å². The van der Waals surface area contributed by atoms with Crippen molar-refractivity contribution in [3.05, 3.63) is 81.9 Å². The van der Waals surface area contributed by atoms with Gasteiger partial charge in [0.05, 0.1) is 4.90 Å². The van der Waals surface area contributed by atoms with Crippen LogP contribution in [0.15, 0.2) is 53.4 Å². The van der Waals surface area contributed by atoms with Crippen LogP contribution in [0.4, 0.5) is 17.1 Å². The maximum absolute atomic E-state index is 11.3. The molecule has 8 N–H and O–H groups in total. The summed E-state index contributed by atoms with van der Waals surface area (Å²) in [5, 5.41) is 16.4. The van der Waals surface area contributed by atoms with Crippen molar-refractivity contribution in [1.29, 1.82) is 0 Å². The molecule has 3 unspecified atom stereocenters. The van der Waals surface area contributed by atoms with Gasteiger partial charge in [-0.15, -0.1) is 0 Å². The smallest absolute Gasteiger partial charge is 0.294 e. The fourth-order valence-corrected chi connectivity index (χ4v) is 5.32. The maximum Gasteiger partial charge on any atom is 0.294 e. The Bertz CT molecular complexity index is 1350. The minimum absolute atomic E-state index is 0.171. The number of hydrogen-bond donors (Lipinski definition) is 7.